The number of aliphatic imine (C=N–C) groups is 1. The van der Waals surface area contributed by atoms with E-state index in [1.807, 2.05) is 24.3 Å². The van der Waals surface area contributed by atoms with Crippen molar-refractivity contribution in [1.29, 1.82) is 0 Å². The molecule has 3 aliphatic rings. The molecule has 18 heavy (non-hydrogen) atoms. The lowest BCUT2D eigenvalue weighted by atomic mass is 9.89. The molecule has 1 fully saturated rings. The van der Waals surface area contributed by atoms with Gasteiger partial charge in [-0.15, -0.1) is 0 Å². The van der Waals surface area contributed by atoms with E-state index in [1.165, 1.54) is 6.42 Å². The SMILES string of the molecule is Clc1cccc(C2=N[C@H]3[C@@H](CO2)[C@H]2C=C[C@@H]3C2)c1. The van der Waals surface area contributed by atoms with Gasteiger partial charge in [-0.05, 0) is 30.5 Å². The zero-order chi connectivity index (χ0) is 12.1. The summed E-state index contributed by atoms with van der Waals surface area (Å²) in [5.74, 6) is 2.66. The number of benzene rings is 1. The van der Waals surface area contributed by atoms with Crippen LogP contribution in [0.2, 0.25) is 5.02 Å². The molecule has 4 atom stereocenters. The van der Waals surface area contributed by atoms with Crippen molar-refractivity contribution in [1.82, 2.24) is 0 Å². The minimum absolute atomic E-state index is 0.419. The molecule has 2 aliphatic carbocycles. The number of halogens is 1. The van der Waals surface area contributed by atoms with Crippen molar-refractivity contribution >= 4 is 17.5 Å². The summed E-state index contributed by atoms with van der Waals surface area (Å²) in [4.78, 5) is 4.82. The third kappa shape index (κ3) is 1.52. The van der Waals surface area contributed by atoms with Crippen LogP contribution < -0.4 is 0 Å². The molecule has 1 heterocycles. The molecule has 0 amide bonds. The maximum Gasteiger partial charge on any atom is 0.216 e. The van der Waals surface area contributed by atoms with Crippen LogP contribution in [0, 0.1) is 17.8 Å². The molecule has 3 heteroatoms. The van der Waals surface area contributed by atoms with Crippen LogP contribution in [-0.2, 0) is 4.74 Å². The summed E-state index contributed by atoms with van der Waals surface area (Å²) in [5, 5.41) is 0.730. The maximum absolute atomic E-state index is 6.02. The van der Waals surface area contributed by atoms with E-state index in [9.17, 15) is 0 Å². The highest BCUT2D eigenvalue weighted by Gasteiger charge is 2.46. The van der Waals surface area contributed by atoms with Gasteiger partial charge in [0.2, 0.25) is 5.90 Å². The minimum Gasteiger partial charge on any atom is -0.477 e. The fourth-order valence-electron chi connectivity index (χ4n) is 3.44. The quantitative estimate of drug-likeness (QED) is 0.709. The Morgan fingerprint density at radius 3 is 3.00 bits per heavy atom. The van der Waals surface area contributed by atoms with Crippen molar-refractivity contribution in [2.45, 2.75) is 12.5 Å². The molecule has 0 saturated heterocycles. The molecule has 0 radical (unpaired) electrons. The van der Waals surface area contributed by atoms with Gasteiger partial charge in [0, 0.05) is 22.4 Å². The van der Waals surface area contributed by atoms with Crippen LogP contribution in [0.1, 0.15) is 12.0 Å². The summed E-state index contributed by atoms with van der Waals surface area (Å²) in [6.07, 6.45) is 5.93. The fraction of sp³-hybridized carbons (Fsp3) is 0.400. The molecule has 0 N–H and O–H groups in total. The molecular weight excluding hydrogens is 246 g/mol. The molecule has 1 aliphatic heterocycles. The predicted molar refractivity (Wildman–Crippen MR) is 72.0 cm³/mol. The summed E-state index contributed by atoms with van der Waals surface area (Å²) in [6.45, 7) is 0.793. The first kappa shape index (κ1) is 10.6. The lowest BCUT2D eigenvalue weighted by molar-refractivity contribution is 0.178. The van der Waals surface area contributed by atoms with Crippen molar-refractivity contribution in [3.05, 3.63) is 47.0 Å². The Bertz CT molecular complexity index is 551. The molecule has 0 spiro atoms. The van der Waals surface area contributed by atoms with E-state index in [-0.39, 0.29) is 0 Å². The van der Waals surface area contributed by atoms with Gasteiger partial charge in [-0.25, -0.2) is 4.99 Å². The van der Waals surface area contributed by atoms with E-state index in [1.54, 1.807) is 0 Å². The molecule has 0 unspecified atom stereocenters. The molecule has 4 rings (SSSR count). The van der Waals surface area contributed by atoms with Crippen molar-refractivity contribution in [2.75, 3.05) is 6.61 Å². The smallest absolute Gasteiger partial charge is 0.216 e. The number of allylic oxidation sites excluding steroid dienone is 1. The van der Waals surface area contributed by atoms with Gasteiger partial charge < -0.3 is 4.74 Å². The Hall–Kier alpha value is -1.28. The first-order valence-corrected chi connectivity index (χ1v) is 6.84. The number of fused-ring (bicyclic) bond motifs is 5. The normalized spacial score (nSPS) is 36.2. The van der Waals surface area contributed by atoms with Crippen LogP contribution in [0.5, 0.6) is 0 Å². The zero-order valence-corrected chi connectivity index (χ0v) is 10.7. The molecule has 2 bridgehead atoms. The van der Waals surface area contributed by atoms with Crippen LogP contribution in [0.3, 0.4) is 0 Å². The summed E-state index contributed by atoms with van der Waals surface area (Å²) in [7, 11) is 0. The predicted octanol–water partition coefficient (Wildman–Crippen LogP) is 3.31. The summed E-state index contributed by atoms with van der Waals surface area (Å²) in [6, 6.07) is 8.16. The molecule has 1 aromatic rings. The van der Waals surface area contributed by atoms with E-state index in [0.29, 0.717) is 23.8 Å². The second-order valence-corrected chi connectivity index (χ2v) is 5.79. The monoisotopic (exact) mass is 259 g/mol. The van der Waals surface area contributed by atoms with Gasteiger partial charge in [0.25, 0.3) is 0 Å². The first-order valence-electron chi connectivity index (χ1n) is 6.46. The van der Waals surface area contributed by atoms with Gasteiger partial charge in [-0.2, -0.15) is 0 Å². The lowest BCUT2D eigenvalue weighted by Crippen LogP contribution is -2.34. The first-order chi connectivity index (χ1) is 8.81. The van der Waals surface area contributed by atoms with Crippen molar-refractivity contribution in [2.24, 2.45) is 22.7 Å². The molecular formula is C15H14ClNO. The molecule has 1 aromatic carbocycles. The number of hydrogen-bond donors (Lipinski definition) is 0. The minimum atomic E-state index is 0.419. The largest absolute Gasteiger partial charge is 0.477 e. The van der Waals surface area contributed by atoms with Gasteiger partial charge in [0.1, 0.15) is 0 Å². The molecule has 0 aromatic heterocycles. The van der Waals surface area contributed by atoms with Crippen LogP contribution in [0.4, 0.5) is 0 Å². The number of hydrogen-bond acceptors (Lipinski definition) is 2. The average molecular weight is 260 g/mol. The van der Waals surface area contributed by atoms with Gasteiger partial charge in [-0.1, -0.05) is 29.8 Å². The van der Waals surface area contributed by atoms with Crippen molar-refractivity contribution in [3.8, 4) is 0 Å². The van der Waals surface area contributed by atoms with Crippen LogP contribution in [0.25, 0.3) is 0 Å². The van der Waals surface area contributed by atoms with Gasteiger partial charge in [0.05, 0.1) is 12.6 Å². The van der Waals surface area contributed by atoms with E-state index < -0.39 is 0 Å². The lowest BCUT2D eigenvalue weighted by Gasteiger charge is -2.30. The van der Waals surface area contributed by atoms with Crippen molar-refractivity contribution < 1.29 is 4.74 Å². The second-order valence-electron chi connectivity index (χ2n) is 5.36. The topological polar surface area (TPSA) is 21.6 Å². The van der Waals surface area contributed by atoms with E-state index >= 15 is 0 Å². The maximum atomic E-state index is 6.02. The summed E-state index contributed by atoms with van der Waals surface area (Å²) in [5.41, 5.74) is 0.993. The Kier molecular flexibility index (Phi) is 2.28. The van der Waals surface area contributed by atoms with E-state index in [2.05, 4.69) is 12.2 Å². The highest BCUT2D eigenvalue weighted by atomic mass is 35.5. The molecule has 92 valence electrons. The summed E-state index contributed by atoms with van der Waals surface area (Å²) >= 11 is 6.02. The van der Waals surface area contributed by atoms with Crippen LogP contribution >= 0.6 is 11.6 Å². The highest BCUT2D eigenvalue weighted by molar-refractivity contribution is 6.30. The van der Waals surface area contributed by atoms with Crippen LogP contribution in [-0.4, -0.2) is 18.5 Å². The zero-order valence-electron chi connectivity index (χ0n) is 9.92. The second kappa shape index (κ2) is 3.86. The van der Waals surface area contributed by atoms with Gasteiger partial charge in [-0.3, -0.25) is 0 Å². The highest BCUT2D eigenvalue weighted by Crippen LogP contribution is 2.47. The number of ether oxygens (including phenoxy) is 1. The average Bonchev–Trinajstić information content (AvgIpc) is 3.00. The fourth-order valence-corrected chi connectivity index (χ4v) is 3.63. The van der Waals surface area contributed by atoms with Crippen LogP contribution in [0.15, 0.2) is 41.4 Å². The van der Waals surface area contributed by atoms with Crippen molar-refractivity contribution in [3.63, 3.8) is 0 Å². The number of rotatable bonds is 1. The van der Waals surface area contributed by atoms with Gasteiger partial charge >= 0.3 is 0 Å². The third-order valence-corrected chi connectivity index (χ3v) is 4.56. The van der Waals surface area contributed by atoms with E-state index in [0.717, 1.165) is 23.1 Å². The summed E-state index contributed by atoms with van der Waals surface area (Å²) < 4.78 is 5.84. The molecule has 1 saturated carbocycles. The Balaban J connectivity index is 1.69. The third-order valence-electron chi connectivity index (χ3n) is 4.33. The van der Waals surface area contributed by atoms with E-state index in [4.69, 9.17) is 21.3 Å². The Morgan fingerprint density at radius 1 is 1.22 bits per heavy atom. The van der Waals surface area contributed by atoms with Gasteiger partial charge in [0.15, 0.2) is 0 Å². The standard InChI is InChI=1S/C15H14ClNO/c16-12-3-1-2-11(7-12)15-17-14-10-5-4-9(6-10)13(14)8-18-15/h1-5,7,9-10,13-14H,6,8H2/t9-,10+,13-,14+/m0/s1. The Labute approximate surface area is 111 Å². The molecule has 2 nitrogen and oxygen atoms in total. The number of nitrogens with zero attached hydrogens (tertiary/aromatic N) is 1. The Morgan fingerprint density at radius 2 is 2.11 bits per heavy atom.